The van der Waals surface area contributed by atoms with Crippen molar-refractivity contribution in [3.05, 3.63) is 33.6 Å². The Morgan fingerprint density at radius 2 is 2.18 bits per heavy atom. The molecular formula is C10H12N2O2S3. The van der Waals surface area contributed by atoms with E-state index in [4.69, 9.17) is 0 Å². The molecule has 0 saturated heterocycles. The van der Waals surface area contributed by atoms with E-state index in [9.17, 15) is 8.42 Å². The first-order chi connectivity index (χ1) is 8.00. The van der Waals surface area contributed by atoms with Crippen molar-refractivity contribution < 1.29 is 8.42 Å². The zero-order chi connectivity index (χ0) is 12.5. The maximum Gasteiger partial charge on any atom is 0.252 e. The quantitative estimate of drug-likeness (QED) is 0.867. The molecule has 92 valence electrons. The third-order valence-corrected chi connectivity index (χ3v) is 6.26. The van der Waals surface area contributed by atoms with Gasteiger partial charge in [-0.1, -0.05) is 0 Å². The molecule has 0 amide bonds. The van der Waals surface area contributed by atoms with Gasteiger partial charge in [-0.3, -0.25) is 0 Å². The minimum atomic E-state index is -3.38. The van der Waals surface area contributed by atoms with Gasteiger partial charge in [0, 0.05) is 23.5 Å². The minimum absolute atomic E-state index is 0.316. The Bertz CT molecular complexity index is 587. The Kier molecular flexibility index (Phi) is 3.62. The maximum absolute atomic E-state index is 12.2. The van der Waals surface area contributed by atoms with Crippen molar-refractivity contribution in [3.63, 3.8) is 0 Å². The molecule has 17 heavy (non-hydrogen) atoms. The van der Waals surface area contributed by atoms with Gasteiger partial charge in [0.2, 0.25) is 0 Å². The van der Waals surface area contributed by atoms with Gasteiger partial charge in [0.15, 0.2) is 0 Å². The summed E-state index contributed by atoms with van der Waals surface area (Å²) in [6.07, 6.45) is 1.68. The fraction of sp³-hybridized carbons (Fsp3) is 0.300. The van der Waals surface area contributed by atoms with Gasteiger partial charge in [0.1, 0.15) is 9.22 Å². The number of nitrogens with zero attached hydrogens (tertiary/aromatic N) is 2. The van der Waals surface area contributed by atoms with E-state index < -0.39 is 10.0 Å². The topological polar surface area (TPSA) is 50.3 Å². The summed E-state index contributed by atoms with van der Waals surface area (Å²) in [7, 11) is -1.80. The van der Waals surface area contributed by atoms with E-state index in [1.807, 2.05) is 18.4 Å². The van der Waals surface area contributed by atoms with Crippen molar-refractivity contribution in [2.75, 3.05) is 7.05 Å². The molecule has 2 aromatic heterocycles. The number of hydrogen-bond acceptors (Lipinski definition) is 5. The largest absolute Gasteiger partial charge is 0.252 e. The van der Waals surface area contributed by atoms with Gasteiger partial charge in [-0.05, 0) is 19.1 Å². The molecule has 0 bridgehead atoms. The molecule has 0 unspecified atom stereocenters. The van der Waals surface area contributed by atoms with Crippen LogP contribution in [0.5, 0.6) is 0 Å². The summed E-state index contributed by atoms with van der Waals surface area (Å²) in [6, 6.07) is 3.46. The van der Waals surface area contributed by atoms with Gasteiger partial charge >= 0.3 is 0 Å². The number of hydrogen-bond donors (Lipinski definition) is 0. The monoisotopic (exact) mass is 288 g/mol. The molecule has 0 radical (unpaired) electrons. The van der Waals surface area contributed by atoms with Crippen molar-refractivity contribution in [2.24, 2.45) is 0 Å². The van der Waals surface area contributed by atoms with Crippen LogP contribution in [0.1, 0.15) is 9.88 Å². The number of aromatic nitrogens is 1. The predicted octanol–water partition coefficient (Wildman–Crippen LogP) is 2.33. The highest BCUT2D eigenvalue weighted by Gasteiger charge is 2.23. The molecule has 0 aliphatic rings. The van der Waals surface area contributed by atoms with Crippen molar-refractivity contribution >= 4 is 32.7 Å². The summed E-state index contributed by atoms with van der Waals surface area (Å²) < 4.78 is 26.1. The van der Waals surface area contributed by atoms with Crippen molar-refractivity contribution in [1.82, 2.24) is 9.29 Å². The molecule has 4 nitrogen and oxygen atoms in total. The first-order valence-corrected chi connectivity index (χ1v) is 8.05. The third kappa shape index (κ3) is 2.74. The molecule has 2 rings (SSSR count). The summed E-state index contributed by atoms with van der Waals surface area (Å²) in [5.74, 6) is 0. The highest BCUT2D eigenvalue weighted by molar-refractivity contribution is 7.91. The van der Waals surface area contributed by atoms with Crippen LogP contribution in [0.25, 0.3) is 0 Å². The number of rotatable bonds is 4. The fourth-order valence-electron chi connectivity index (χ4n) is 1.31. The van der Waals surface area contributed by atoms with E-state index in [-0.39, 0.29) is 0 Å². The van der Waals surface area contributed by atoms with Gasteiger partial charge in [-0.25, -0.2) is 13.4 Å². The smallest absolute Gasteiger partial charge is 0.248 e. The SMILES string of the molecule is Cc1ccc(S(=O)(=O)N(C)Cc2nccs2)s1. The second kappa shape index (κ2) is 4.85. The van der Waals surface area contributed by atoms with E-state index in [0.29, 0.717) is 10.8 Å². The summed E-state index contributed by atoms with van der Waals surface area (Å²) in [6.45, 7) is 2.21. The Morgan fingerprint density at radius 3 is 2.71 bits per heavy atom. The van der Waals surface area contributed by atoms with Crippen LogP contribution in [0.15, 0.2) is 27.9 Å². The van der Waals surface area contributed by atoms with Crippen LogP contribution >= 0.6 is 22.7 Å². The average Bonchev–Trinajstić information content (AvgIpc) is 2.89. The summed E-state index contributed by atoms with van der Waals surface area (Å²) >= 11 is 2.74. The highest BCUT2D eigenvalue weighted by Crippen LogP contribution is 2.24. The Balaban J connectivity index is 2.21. The number of sulfonamides is 1. The van der Waals surface area contributed by atoms with E-state index in [2.05, 4.69) is 4.98 Å². The number of thiazole rings is 1. The third-order valence-electron chi connectivity index (χ3n) is 2.22. The molecule has 0 saturated carbocycles. The molecule has 0 aliphatic heterocycles. The lowest BCUT2D eigenvalue weighted by Crippen LogP contribution is -2.25. The normalized spacial score (nSPS) is 12.2. The Morgan fingerprint density at radius 1 is 1.41 bits per heavy atom. The maximum atomic E-state index is 12.2. The van der Waals surface area contributed by atoms with Gasteiger partial charge in [-0.15, -0.1) is 22.7 Å². The molecule has 0 atom stereocenters. The van der Waals surface area contributed by atoms with Crippen LogP contribution < -0.4 is 0 Å². The van der Waals surface area contributed by atoms with E-state index in [1.54, 1.807) is 19.3 Å². The molecule has 0 N–H and O–H groups in total. The van der Waals surface area contributed by atoms with Crippen LogP contribution in [0.3, 0.4) is 0 Å². The van der Waals surface area contributed by atoms with Crippen LogP contribution in [0, 0.1) is 6.92 Å². The summed E-state index contributed by atoms with van der Waals surface area (Å²) in [4.78, 5) is 5.08. The lowest BCUT2D eigenvalue weighted by atomic mass is 10.5. The van der Waals surface area contributed by atoms with Crippen LogP contribution in [0.2, 0.25) is 0 Å². The van der Waals surface area contributed by atoms with Crippen molar-refractivity contribution in [3.8, 4) is 0 Å². The molecule has 0 aliphatic carbocycles. The van der Waals surface area contributed by atoms with Crippen LogP contribution in [0.4, 0.5) is 0 Å². The predicted molar refractivity (Wildman–Crippen MR) is 69.8 cm³/mol. The lowest BCUT2D eigenvalue weighted by Gasteiger charge is -2.14. The fourth-order valence-corrected chi connectivity index (χ4v) is 4.69. The van der Waals surface area contributed by atoms with Crippen molar-refractivity contribution in [1.29, 1.82) is 0 Å². The molecule has 2 heterocycles. The van der Waals surface area contributed by atoms with Gasteiger partial charge in [0.05, 0.1) is 6.54 Å². The second-order valence-corrected chi connectivity index (χ2v) is 8.09. The van der Waals surface area contributed by atoms with E-state index in [0.717, 1.165) is 9.88 Å². The standard InChI is InChI=1S/C10H12N2O2S3/c1-8-3-4-10(16-8)17(13,14)12(2)7-9-11-5-6-15-9/h3-6H,7H2,1-2H3. The van der Waals surface area contributed by atoms with Gasteiger partial charge < -0.3 is 0 Å². The summed E-state index contributed by atoms with van der Waals surface area (Å²) in [5, 5.41) is 2.63. The Labute approximate surface area is 109 Å². The lowest BCUT2D eigenvalue weighted by molar-refractivity contribution is 0.467. The molecule has 0 spiro atoms. The first-order valence-electron chi connectivity index (χ1n) is 4.91. The average molecular weight is 288 g/mol. The second-order valence-electron chi connectivity index (χ2n) is 3.55. The van der Waals surface area contributed by atoms with Crippen LogP contribution in [-0.2, 0) is 16.6 Å². The molecule has 0 fully saturated rings. The summed E-state index contributed by atoms with van der Waals surface area (Å²) in [5.41, 5.74) is 0. The Hall–Kier alpha value is -0.760. The van der Waals surface area contributed by atoms with Gasteiger partial charge in [0.25, 0.3) is 10.0 Å². The highest BCUT2D eigenvalue weighted by atomic mass is 32.2. The van der Waals surface area contributed by atoms with E-state index >= 15 is 0 Å². The number of thiophene rings is 1. The van der Waals surface area contributed by atoms with Crippen LogP contribution in [-0.4, -0.2) is 24.8 Å². The zero-order valence-corrected chi connectivity index (χ0v) is 11.9. The first kappa shape index (κ1) is 12.7. The molecule has 0 aromatic carbocycles. The van der Waals surface area contributed by atoms with E-state index in [1.165, 1.54) is 27.0 Å². The molecule has 7 heteroatoms. The zero-order valence-electron chi connectivity index (χ0n) is 9.45. The number of aryl methyl sites for hydroxylation is 1. The minimum Gasteiger partial charge on any atom is -0.248 e. The van der Waals surface area contributed by atoms with Crippen molar-refractivity contribution in [2.45, 2.75) is 17.7 Å². The molecule has 2 aromatic rings. The van der Waals surface area contributed by atoms with Gasteiger partial charge in [-0.2, -0.15) is 4.31 Å². The molecular weight excluding hydrogens is 276 g/mol.